The molecule has 118 valence electrons. The van der Waals surface area contributed by atoms with Crippen LogP contribution in [0.15, 0.2) is 29.8 Å². The predicted molar refractivity (Wildman–Crippen MR) is 84.0 cm³/mol. The van der Waals surface area contributed by atoms with Gasteiger partial charge in [-0.25, -0.2) is 10.5 Å². The molecule has 0 aromatic carbocycles. The predicted octanol–water partition coefficient (Wildman–Crippen LogP) is 1.81. The Morgan fingerprint density at radius 2 is 2.27 bits per heavy atom. The van der Waals surface area contributed by atoms with Crippen LogP contribution >= 0.6 is 11.3 Å². The number of nitrogens with zero attached hydrogens (tertiary/aromatic N) is 2. The Hall–Kier alpha value is -1.83. The number of hydroxylamine groups is 1. The molecule has 22 heavy (non-hydrogen) atoms. The number of amides is 1. The zero-order valence-corrected chi connectivity index (χ0v) is 13.3. The molecule has 2 aromatic rings. The summed E-state index contributed by atoms with van der Waals surface area (Å²) in [5.74, 6) is -0.183. The van der Waals surface area contributed by atoms with Crippen LogP contribution in [0, 0.1) is 5.92 Å². The molecular weight excluding hydrogens is 302 g/mol. The highest BCUT2D eigenvalue weighted by Crippen LogP contribution is 2.21. The first-order valence-electron chi connectivity index (χ1n) is 7.01. The Bertz CT molecular complexity index is 601. The number of hydrogen-bond donors (Lipinski definition) is 2. The maximum atomic E-state index is 11.8. The van der Waals surface area contributed by atoms with Crippen LogP contribution in [-0.2, 0) is 16.1 Å². The molecule has 1 amide bonds. The van der Waals surface area contributed by atoms with Gasteiger partial charge in [0.1, 0.15) is 11.1 Å². The van der Waals surface area contributed by atoms with Gasteiger partial charge in [0.2, 0.25) is 5.91 Å². The van der Waals surface area contributed by atoms with Crippen LogP contribution in [0.25, 0.3) is 10.7 Å². The summed E-state index contributed by atoms with van der Waals surface area (Å²) in [7, 11) is 0. The van der Waals surface area contributed by atoms with Gasteiger partial charge in [0.15, 0.2) is 0 Å². The van der Waals surface area contributed by atoms with E-state index in [0.717, 1.165) is 10.7 Å². The molecule has 0 spiro atoms. The largest absolute Gasteiger partial charge is 0.394 e. The van der Waals surface area contributed by atoms with Crippen molar-refractivity contribution in [2.24, 2.45) is 5.92 Å². The van der Waals surface area contributed by atoms with E-state index in [9.17, 15) is 4.79 Å². The highest BCUT2D eigenvalue weighted by Gasteiger charge is 2.15. The van der Waals surface area contributed by atoms with Crippen molar-refractivity contribution in [2.75, 3.05) is 6.61 Å². The zero-order valence-electron chi connectivity index (χ0n) is 12.5. The Kier molecular flexibility index (Phi) is 6.00. The van der Waals surface area contributed by atoms with Crippen molar-refractivity contribution >= 4 is 17.2 Å². The van der Waals surface area contributed by atoms with Gasteiger partial charge in [-0.1, -0.05) is 19.9 Å². The van der Waals surface area contributed by atoms with Crippen molar-refractivity contribution in [1.82, 2.24) is 15.4 Å². The number of aliphatic hydroxyl groups is 1. The van der Waals surface area contributed by atoms with E-state index < -0.39 is 6.10 Å². The molecule has 0 radical (unpaired) electrons. The second kappa shape index (κ2) is 7.98. The Morgan fingerprint density at radius 1 is 1.45 bits per heavy atom. The fourth-order valence-electron chi connectivity index (χ4n) is 1.72. The van der Waals surface area contributed by atoms with Crippen LogP contribution in [0.1, 0.15) is 19.5 Å². The van der Waals surface area contributed by atoms with Crippen LogP contribution in [0.4, 0.5) is 0 Å². The van der Waals surface area contributed by atoms with Crippen molar-refractivity contribution in [2.45, 2.75) is 26.4 Å². The molecule has 1 atom stereocenters. The maximum absolute atomic E-state index is 11.8. The van der Waals surface area contributed by atoms with Crippen molar-refractivity contribution in [3.8, 4) is 10.7 Å². The molecule has 0 aliphatic heterocycles. The molecule has 6 nitrogen and oxygen atoms in total. The highest BCUT2D eigenvalue weighted by atomic mass is 32.1. The fraction of sp³-hybridized carbons (Fsp3) is 0.400. The van der Waals surface area contributed by atoms with Crippen LogP contribution in [0.5, 0.6) is 0 Å². The summed E-state index contributed by atoms with van der Waals surface area (Å²) in [6.07, 6.45) is 1.42. The lowest BCUT2D eigenvalue weighted by Crippen LogP contribution is -2.35. The molecule has 0 aliphatic carbocycles. The van der Waals surface area contributed by atoms with Gasteiger partial charge in [-0.3, -0.25) is 14.6 Å². The minimum atomic E-state index is -0.413. The third-order valence-electron chi connectivity index (χ3n) is 3.03. The lowest BCUT2D eigenvalue weighted by Gasteiger charge is -2.18. The van der Waals surface area contributed by atoms with Crippen LogP contribution in [0.2, 0.25) is 0 Å². The average Bonchev–Trinajstić information content (AvgIpc) is 2.97. The molecule has 2 heterocycles. The number of aromatic nitrogens is 2. The first-order chi connectivity index (χ1) is 10.6. The van der Waals surface area contributed by atoms with Gasteiger partial charge >= 0.3 is 0 Å². The van der Waals surface area contributed by atoms with Gasteiger partial charge < -0.3 is 5.11 Å². The highest BCUT2D eigenvalue weighted by molar-refractivity contribution is 7.13. The number of aliphatic hydroxyl groups excluding tert-OH is 1. The van der Waals surface area contributed by atoms with Gasteiger partial charge in [-0.2, -0.15) is 0 Å². The molecule has 0 fully saturated rings. The second-order valence-corrected chi connectivity index (χ2v) is 6.00. The summed E-state index contributed by atoms with van der Waals surface area (Å²) < 4.78 is 0. The molecule has 2 N–H and O–H groups in total. The van der Waals surface area contributed by atoms with Crippen molar-refractivity contribution < 1.29 is 14.7 Å². The van der Waals surface area contributed by atoms with Crippen LogP contribution < -0.4 is 5.48 Å². The summed E-state index contributed by atoms with van der Waals surface area (Å²) in [6.45, 7) is 3.68. The van der Waals surface area contributed by atoms with E-state index in [2.05, 4.69) is 15.4 Å². The summed E-state index contributed by atoms with van der Waals surface area (Å²) in [5, 5.41) is 11.7. The van der Waals surface area contributed by atoms with Crippen LogP contribution in [0.3, 0.4) is 0 Å². The zero-order chi connectivity index (χ0) is 15.9. The van der Waals surface area contributed by atoms with Gasteiger partial charge in [0, 0.05) is 11.6 Å². The number of carbonyl (C=O) groups excluding carboxylic acids is 1. The van der Waals surface area contributed by atoms with Crippen molar-refractivity contribution in [3.05, 3.63) is 35.5 Å². The van der Waals surface area contributed by atoms with Gasteiger partial charge in [0.05, 0.1) is 24.4 Å². The number of nitrogens with one attached hydrogen (secondary N) is 1. The quantitative estimate of drug-likeness (QED) is 0.760. The van der Waals surface area contributed by atoms with E-state index in [4.69, 9.17) is 9.94 Å². The first kappa shape index (κ1) is 16.5. The second-order valence-electron chi connectivity index (χ2n) is 5.14. The van der Waals surface area contributed by atoms with Gasteiger partial charge in [-0.15, -0.1) is 11.3 Å². The molecule has 0 bridgehead atoms. The molecule has 0 unspecified atom stereocenters. The summed E-state index contributed by atoms with van der Waals surface area (Å²) in [6, 6.07) is 5.61. The average molecular weight is 321 g/mol. The van der Waals surface area contributed by atoms with Gasteiger partial charge in [0.25, 0.3) is 0 Å². The normalized spacial score (nSPS) is 12.4. The Balaban J connectivity index is 1.89. The van der Waals surface area contributed by atoms with Crippen molar-refractivity contribution in [3.63, 3.8) is 0 Å². The molecular formula is C15H19N3O3S. The maximum Gasteiger partial charge on any atom is 0.249 e. The molecule has 0 saturated heterocycles. The smallest absolute Gasteiger partial charge is 0.249 e. The van der Waals surface area contributed by atoms with E-state index in [-0.39, 0.29) is 24.9 Å². The SMILES string of the molecule is CC(C)[C@H](CO)ONC(=O)Cc1csc(-c2ccccn2)n1. The van der Waals surface area contributed by atoms with E-state index in [1.807, 2.05) is 37.4 Å². The third kappa shape index (κ3) is 4.59. The van der Waals surface area contributed by atoms with Gasteiger partial charge in [-0.05, 0) is 18.1 Å². The molecule has 0 saturated carbocycles. The summed E-state index contributed by atoms with van der Waals surface area (Å²) in [5.41, 5.74) is 3.81. The number of thiazole rings is 1. The van der Waals surface area contributed by atoms with Crippen molar-refractivity contribution in [1.29, 1.82) is 0 Å². The minimum absolute atomic E-state index is 0.111. The van der Waals surface area contributed by atoms with E-state index in [0.29, 0.717) is 5.69 Å². The number of hydrogen-bond acceptors (Lipinski definition) is 6. The topological polar surface area (TPSA) is 84.3 Å². The lowest BCUT2D eigenvalue weighted by molar-refractivity contribution is -0.143. The number of carbonyl (C=O) groups is 1. The van der Waals surface area contributed by atoms with E-state index in [1.54, 1.807) is 6.20 Å². The Morgan fingerprint density at radius 3 is 2.91 bits per heavy atom. The van der Waals surface area contributed by atoms with Crippen LogP contribution in [-0.4, -0.2) is 33.7 Å². The molecule has 2 rings (SSSR count). The minimum Gasteiger partial charge on any atom is -0.394 e. The standard InChI is InChI=1S/C15H19N3O3S/c1-10(2)13(8-19)21-18-14(20)7-11-9-22-15(17-11)12-5-3-4-6-16-12/h3-6,9-10,13,19H,7-8H2,1-2H3,(H,18,20)/t13-/m0/s1. The number of pyridine rings is 1. The molecule has 0 aliphatic rings. The molecule has 2 aromatic heterocycles. The number of rotatable bonds is 7. The fourth-order valence-corrected chi connectivity index (χ4v) is 2.52. The first-order valence-corrected chi connectivity index (χ1v) is 7.89. The lowest BCUT2D eigenvalue weighted by atomic mass is 10.1. The summed E-state index contributed by atoms with van der Waals surface area (Å²) in [4.78, 5) is 25.6. The Labute approximate surface area is 133 Å². The molecule has 7 heteroatoms. The van der Waals surface area contributed by atoms with E-state index >= 15 is 0 Å². The third-order valence-corrected chi connectivity index (χ3v) is 3.94. The van der Waals surface area contributed by atoms with E-state index in [1.165, 1.54) is 11.3 Å². The summed E-state index contributed by atoms with van der Waals surface area (Å²) >= 11 is 1.44. The monoisotopic (exact) mass is 321 g/mol.